The molecular weight excluding hydrogens is 296 g/mol. The number of hydrogen-bond acceptors (Lipinski definition) is 3. The highest BCUT2D eigenvalue weighted by molar-refractivity contribution is 5.87. The third kappa shape index (κ3) is 3.80. The lowest BCUT2D eigenvalue weighted by Gasteiger charge is -2.41. The molecule has 0 spiro atoms. The summed E-state index contributed by atoms with van der Waals surface area (Å²) in [4.78, 5) is 5.13. The number of likely N-dealkylation sites (N-methyl/N-ethyl adjacent to an activating group) is 2. The zero-order valence-corrected chi connectivity index (χ0v) is 15.0. The topological polar surface area (TPSA) is 15.7 Å². The quantitative estimate of drug-likeness (QED) is 0.720. The van der Waals surface area contributed by atoms with E-state index in [0.717, 1.165) is 12.3 Å². The molecule has 3 heteroatoms. The van der Waals surface area contributed by atoms with Crippen molar-refractivity contribution in [2.75, 3.05) is 39.8 Å². The van der Waals surface area contributed by atoms with E-state index in [0.29, 0.717) is 6.04 Å². The van der Waals surface area contributed by atoms with E-state index in [4.69, 9.17) is 4.74 Å². The Morgan fingerprint density at radius 1 is 1.00 bits per heavy atom. The molecule has 0 aromatic heterocycles. The van der Waals surface area contributed by atoms with Gasteiger partial charge in [0.15, 0.2) is 0 Å². The van der Waals surface area contributed by atoms with Crippen LogP contribution < -0.4 is 4.74 Å². The molecule has 0 saturated carbocycles. The van der Waals surface area contributed by atoms with E-state index in [1.54, 1.807) is 7.11 Å². The smallest absolute Gasteiger partial charge is 0.126 e. The Labute approximate surface area is 145 Å². The van der Waals surface area contributed by atoms with Crippen LogP contribution in [0.3, 0.4) is 0 Å². The second-order valence-corrected chi connectivity index (χ2v) is 6.36. The number of hydrogen-bond donors (Lipinski definition) is 0. The zero-order valence-electron chi connectivity index (χ0n) is 15.0. The van der Waals surface area contributed by atoms with Gasteiger partial charge in [0.2, 0.25) is 0 Å². The number of benzene rings is 2. The van der Waals surface area contributed by atoms with E-state index in [9.17, 15) is 0 Å². The monoisotopic (exact) mass is 324 g/mol. The normalized spacial score (nSPS) is 19.4. The standard InChI is InChI=1S/C14H22N2.C7H6O/c1-3-15-10-11-16(4-2)14(12-15)13-8-6-5-7-9-13;1-8-7-3-2-5-4-6(5)7/h5-9,14H,3-4,10-12H2,1-2H3;2-4H,1H3. The molecule has 1 aromatic carbocycles. The molecule has 4 rings (SSSR count). The first kappa shape index (κ1) is 17.0. The zero-order chi connectivity index (χ0) is 16.9. The van der Waals surface area contributed by atoms with Crippen LogP contribution in [-0.4, -0.2) is 49.6 Å². The average Bonchev–Trinajstić information content (AvgIpc) is 3.33. The van der Waals surface area contributed by atoms with Gasteiger partial charge in [0, 0.05) is 31.2 Å². The summed E-state index contributed by atoms with van der Waals surface area (Å²) >= 11 is 0. The second kappa shape index (κ2) is 7.82. The molecule has 1 aromatic rings. The van der Waals surface area contributed by atoms with E-state index in [1.165, 1.54) is 42.9 Å². The fourth-order valence-electron chi connectivity index (χ4n) is 3.44. The van der Waals surface area contributed by atoms with Gasteiger partial charge in [0.1, 0.15) is 5.75 Å². The molecule has 3 aliphatic rings. The van der Waals surface area contributed by atoms with Gasteiger partial charge in [-0.1, -0.05) is 50.2 Å². The molecular formula is C21H28N2O. The van der Waals surface area contributed by atoms with Gasteiger partial charge in [-0.05, 0) is 36.3 Å². The molecule has 128 valence electrons. The maximum absolute atomic E-state index is 5.01. The molecule has 0 amide bonds. The van der Waals surface area contributed by atoms with E-state index >= 15 is 0 Å². The predicted molar refractivity (Wildman–Crippen MR) is 101 cm³/mol. The predicted octanol–water partition coefficient (Wildman–Crippen LogP) is 4.06. The Balaban J connectivity index is 0.000000175. The number of fused-ring (bicyclic) bond motifs is 1. The third-order valence-electron chi connectivity index (χ3n) is 5.04. The van der Waals surface area contributed by atoms with Crippen molar-refractivity contribution in [1.82, 2.24) is 9.80 Å². The van der Waals surface area contributed by atoms with Crippen LogP contribution in [0.5, 0.6) is 5.75 Å². The van der Waals surface area contributed by atoms with Gasteiger partial charge in [0.05, 0.1) is 7.11 Å². The fourth-order valence-corrected chi connectivity index (χ4v) is 3.44. The van der Waals surface area contributed by atoms with Gasteiger partial charge in [-0.25, -0.2) is 0 Å². The molecule has 1 aliphatic heterocycles. The Kier molecular flexibility index (Phi) is 5.54. The molecule has 0 bridgehead atoms. The van der Waals surface area contributed by atoms with Crippen LogP contribution in [0.15, 0.2) is 48.5 Å². The second-order valence-electron chi connectivity index (χ2n) is 6.36. The van der Waals surface area contributed by atoms with Crippen LogP contribution in [-0.2, 0) is 0 Å². The lowest BCUT2D eigenvalue weighted by Crippen LogP contribution is -2.48. The maximum atomic E-state index is 5.01. The highest BCUT2D eigenvalue weighted by atomic mass is 16.5. The van der Waals surface area contributed by atoms with E-state index in [1.807, 2.05) is 6.07 Å². The largest absolute Gasteiger partial charge is 0.496 e. The summed E-state index contributed by atoms with van der Waals surface area (Å²) in [6.45, 7) is 10.4. The minimum atomic E-state index is 0.583. The molecule has 2 aliphatic carbocycles. The average molecular weight is 324 g/mol. The first-order chi connectivity index (χ1) is 11.8. The molecule has 0 N–H and O–H groups in total. The molecule has 1 atom stereocenters. The summed E-state index contributed by atoms with van der Waals surface area (Å²) in [7, 11) is 1.70. The van der Waals surface area contributed by atoms with Gasteiger partial charge in [0.25, 0.3) is 0 Å². The highest BCUT2D eigenvalue weighted by Crippen LogP contribution is 2.43. The Hall–Kier alpha value is -1.84. The molecule has 1 fully saturated rings. The summed E-state index contributed by atoms with van der Waals surface area (Å²) in [6.07, 6.45) is 0. The van der Waals surface area contributed by atoms with Crippen molar-refractivity contribution < 1.29 is 4.74 Å². The first-order valence-corrected chi connectivity index (χ1v) is 8.96. The Morgan fingerprint density at radius 2 is 1.79 bits per heavy atom. The van der Waals surface area contributed by atoms with Crippen molar-refractivity contribution in [3.63, 3.8) is 0 Å². The number of nitrogens with zero attached hydrogens (tertiary/aromatic N) is 2. The summed E-state index contributed by atoms with van der Waals surface area (Å²) in [5, 5.41) is 0. The van der Waals surface area contributed by atoms with E-state index in [-0.39, 0.29) is 0 Å². The van der Waals surface area contributed by atoms with Crippen LogP contribution in [0, 0.1) is 0 Å². The summed E-state index contributed by atoms with van der Waals surface area (Å²) in [5.41, 5.74) is 4.08. The van der Waals surface area contributed by atoms with E-state index < -0.39 is 0 Å². The van der Waals surface area contributed by atoms with E-state index in [2.05, 4.69) is 66.1 Å². The lowest BCUT2D eigenvalue weighted by molar-refractivity contribution is 0.0820. The van der Waals surface area contributed by atoms with Gasteiger partial charge >= 0.3 is 0 Å². The minimum Gasteiger partial charge on any atom is -0.496 e. The fraction of sp³-hybridized carbons (Fsp3) is 0.429. The number of ether oxygens (including phenoxy) is 1. The number of rotatable bonds is 4. The molecule has 0 radical (unpaired) electrons. The molecule has 1 heterocycles. The Bertz CT molecular complexity index is 656. The van der Waals surface area contributed by atoms with Crippen molar-refractivity contribution in [3.8, 4) is 16.9 Å². The van der Waals surface area contributed by atoms with Crippen LogP contribution in [0.1, 0.15) is 25.5 Å². The maximum Gasteiger partial charge on any atom is 0.126 e. The Morgan fingerprint density at radius 3 is 2.29 bits per heavy atom. The number of piperazine rings is 1. The summed E-state index contributed by atoms with van der Waals surface area (Å²) in [5.74, 6) is 1.01. The van der Waals surface area contributed by atoms with Crippen molar-refractivity contribution in [1.29, 1.82) is 0 Å². The molecule has 3 nitrogen and oxygen atoms in total. The molecule has 1 saturated heterocycles. The van der Waals surface area contributed by atoms with Gasteiger partial charge in [-0.3, -0.25) is 4.90 Å². The van der Waals surface area contributed by atoms with Crippen LogP contribution in [0.2, 0.25) is 0 Å². The molecule has 1 unspecified atom stereocenters. The highest BCUT2D eigenvalue weighted by Gasteiger charge is 2.25. The van der Waals surface area contributed by atoms with Crippen molar-refractivity contribution >= 4 is 0 Å². The van der Waals surface area contributed by atoms with Gasteiger partial charge in [-0.15, -0.1) is 0 Å². The van der Waals surface area contributed by atoms with Crippen LogP contribution in [0.4, 0.5) is 0 Å². The molecule has 24 heavy (non-hydrogen) atoms. The third-order valence-corrected chi connectivity index (χ3v) is 5.04. The van der Waals surface area contributed by atoms with Gasteiger partial charge in [-0.2, -0.15) is 0 Å². The van der Waals surface area contributed by atoms with Crippen molar-refractivity contribution in [3.05, 3.63) is 54.1 Å². The minimum absolute atomic E-state index is 0.583. The first-order valence-electron chi connectivity index (χ1n) is 8.96. The van der Waals surface area contributed by atoms with Crippen LogP contribution >= 0.6 is 0 Å². The number of methoxy groups -OCH3 is 1. The van der Waals surface area contributed by atoms with Crippen LogP contribution in [0.25, 0.3) is 11.1 Å². The summed E-state index contributed by atoms with van der Waals surface area (Å²) < 4.78 is 5.01. The van der Waals surface area contributed by atoms with Crippen molar-refractivity contribution in [2.45, 2.75) is 19.9 Å². The lowest BCUT2D eigenvalue weighted by atomic mass is 10.0. The SMILES string of the molecule is CCN1CCN(CC)C(c2ccccc2)C1.COc1ccc2cc1-2. The summed E-state index contributed by atoms with van der Waals surface area (Å²) in [6, 6.07) is 17.7. The van der Waals surface area contributed by atoms with Gasteiger partial charge < -0.3 is 9.64 Å². The van der Waals surface area contributed by atoms with Crippen molar-refractivity contribution in [2.24, 2.45) is 0 Å².